The van der Waals surface area contributed by atoms with Crippen LogP contribution in [0.15, 0.2) is 23.0 Å². The van der Waals surface area contributed by atoms with E-state index in [-0.39, 0.29) is 11.2 Å². The van der Waals surface area contributed by atoms with Gasteiger partial charge in [0.25, 0.3) is 11.2 Å². The monoisotopic (exact) mass is 412 g/mol. The second-order valence-corrected chi connectivity index (χ2v) is 8.99. The van der Waals surface area contributed by atoms with E-state index in [9.17, 15) is 14.9 Å². The van der Waals surface area contributed by atoms with Crippen molar-refractivity contribution in [1.29, 1.82) is 0 Å². The fourth-order valence-electron chi connectivity index (χ4n) is 3.78. The van der Waals surface area contributed by atoms with E-state index in [1.807, 2.05) is 0 Å². The highest BCUT2D eigenvalue weighted by atomic mass is 32.1. The number of rotatable bonds is 6. The number of H-pyrrole nitrogens is 1. The minimum absolute atomic E-state index is 0.0144. The van der Waals surface area contributed by atoms with Crippen LogP contribution in [0, 0.1) is 16.0 Å². The molecule has 0 unspecified atom stereocenters. The molecule has 0 fully saturated rings. The van der Waals surface area contributed by atoms with Crippen LogP contribution in [0.4, 0.5) is 11.4 Å². The third-order valence-corrected chi connectivity index (χ3v) is 6.52. The molecule has 152 valence electrons. The lowest BCUT2D eigenvalue weighted by Crippen LogP contribution is -2.11. The van der Waals surface area contributed by atoms with Gasteiger partial charge < -0.3 is 10.3 Å². The summed E-state index contributed by atoms with van der Waals surface area (Å²) < 4.78 is 0. The fraction of sp³-hybridized carbons (Fsp3) is 0.429. The highest BCUT2D eigenvalue weighted by molar-refractivity contribution is 7.18. The zero-order valence-corrected chi connectivity index (χ0v) is 17.4. The molecule has 4 rings (SSSR count). The Bertz CT molecular complexity index is 1130. The highest BCUT2D eigenvalue weighted by Crippen LogP contribution is 2.35. The molecule has 2 N–H and O–H groups in total. The lowest BCUT2D eigenvalue weighted by Gasteiger charge is -2.10. The predicted molar refractivity (Wildman–Crippen MR) is 117 cm³/mol. The molecule has 0 spiro atoms. The molecule has 0 aliphatic heterocycles. The zero-order chi connectivity index (χ0) is 20.5. The minimum atomic E-state index is -0.401. The third-order valence-electron chi connectivity index (χ3n) is 5.33. The maximum absolute atomic E-state index is 12.8. The smallest absolute Gasteiger partial charge is 0.293 e. The second-order valence-electron chi connectivity index (χ2n) is 7.90. The first-order chi connectivity index (χ1) is 13.9. The van der Waals surface area contributed by atoms with Gasteiger partial charge in [0.05, 0.1) is 10.3 Å². The maximum atomic E-state index is 12.8. The molecule has 2 heterocycles. The molecular weight excluding hydrogens is 388 g/mol. The first kappa shape index (κ1) is 19.6. The van der Waals surface area contributed by atoms with E-state index in [0.717, 1.165) is 42.5 Å². The van der Waals surface area contributed by atoms with Gasteiger partial charge in [0.15, 0.2) is 0 Å². The van der Waals surface area contributed by atoms with E-state index in [1.54, 1.807) is 23.5 Å². The number of nitro groups is 1. The van der Waals surface area contributed by atoms with Crippen LogP contribution in [-0.2, 0) is 12.8 Å². The molecule has 0 radical (unpaired) electrons. The van der Waals surface area contributed by atoms with E-state index in [0.29, 0.717) is 34.9 Å². The van der Waals surface area contributed by atoms with Crippen LogP contribution in [0.3, 0.4) is 0 Å². The van der Waals surface area contributed by atoms with Crippen molar-refractivity contribution in [2.75, 3.05) is 11.9 Å². The van der Waals surface area contributed by atoms with Crippen molar-refractivity contribution in [1.82, 2.24) is 9.97 Å². The SMILES string of the molecule is CC(C)CCNc1ccc(-c2nc3sc4c(c3c(=O)[nH]2)CCCC4)cc1[N+](=O)[O-]. The largest absolute Gasteiger partial charge is 0.379 e. The summed E-state index contributed by atoms with van der Waals surface area (Å²) in [5.41, 5.74) is 1.98. The fourth-order valence-corrected chi connectivity index (χ4v) is 5.04. The average Bonchev–Trinajstić information content (AvgIpc) is 3.06. The summed E-state index contributed by atoms with van der Waals surface area (Å²) in [6.07, 6.45) is 5.07. The number of aromatic amines is 1. The normalized spacial score (nSPS) is 13.6. The first-order valence-electron chi connectivity index (χ1n) is 10.0. The number of fused-ring (bicyclic) bond motifs is 3. The Balaban J connectivity index is 1.72. The van der Waals surface area contributed by atoms with Crippen LogP contribution in [-0.4, -0.2) is 21.4 Å². The molecule has 7 nitrogen and oxygen atoms in total. The van der Waals surface area contributed by atoms with E-state index < -0.39 is 4.92 Å². The molecule has 1 aromatic carbocycles. The van der Waals surface area contributed by atoms with Gasteiger partial charge >= 0.3 is 0 Å². The van der Waals surface area contributed by atoms with Gasteiger partial charge in [-0.1, -0.05) is 13.8 Å². The van der Waals surface area contributed by atoms with Gasteiger partial charge in [-0.2, -0.15) is 0 Å². The Hall–Kier alpha value is -2.74. The molecule has 3 aromatic rings. The summed E-state index contributed by atoms with van der Waals surface area (Å²) in [6.45, 7) is 4.89. The number of nitrogens with one attached hydrogen (secondary N) is 2. The van der Waals surface area contributed by atoms with Gasteiger partial charge in [-0.05, 0) is 55.7 Å². The lowest BCUT2D eigenvalue weighted by atomic mass is 9.97. The van der Waals surface area contributed by atoms with Crippen LogP contribution in [0.2, 0.25) is 0 Å². The van der Waals surface area contributed by atoms with Crippen molar-refractivity contribution in [3.05, 3.63) is 49.1 Å². The molecular formula is C21H24N4O3S. The molecule has 0 saturated heterocycles. The summed E-state index contributed by atoms with van der Waals surface area (Å²) in [6, 6.07) is 4.94. The van der Waals surface area contributed by atoms with Gasteiger partial charge in [0.2, 0.25) is 0 Å². The number of hydrogen-bond acceptors (Lipinski definition) is 6. The Morgan fingerprint density at radius 1 is 1.31 bits per heavy atom. The summed E-state index contributed by atoms with van der Waals surface area (Å²) in [5.74, 6) is 0.886. The molecule has 0 amide bonds. The molecule has 2 aromatic heterocycles. The average molecular weight is 413 g/mol. The number of aryl methyl sites for hydroxylation is 2. The van der Waals surface area contributed by atoms with Crippen LogP contribution in [0.25, 0.3) is 21.6 Å². The zero-order valence-electron chi connectivity index (χ0n) is 16.6. The van der Waals surface area contributed by atoms with E-state index >= 15 is 0 Å². The molecule has 0 bridgehead atoms. The molecule has 1 aliphatic carbocycles. The van der Waals surface area contributed by atoms with Gasteiger partial charge in [-0.15, -0.1) is 11.3 Å². The van der Waals surface area contributed by atoms with Crippen LogP contribution >= 0.6 is 11.3 Å². The molecule has 29 heavy (non-hydrogen) atoms. The van der Waals surface area contributed by atoms with E-state index in [1.165, 1.54) is 10.9 Å². The minimum Gasteiger partial charge on any atom is -0.379 e. The van der Waals surface area contributed by atoms with E-state index in [2.05, 4.69) is 29.1 Å². The number of aromatic nitrogens is 2. The number of nitro benzene ring substituents is 1. The standard InChI is InChI=1S/C21H24N4O3S/c1-12(2)9-10-22-15-8-7-13(11-16(15)25(27)28)19-23-20(26)18-14-5-3-4-6-17(14)29-21(18)24-19/h7-8,11-12,22H,3-6,9-10H2,1-2H3,(H,23,24,26). The molecule has 0 atom stereocenters. The Kier molecular flexibility index (Phi) is 5.36. The summed E-state index contributed by atoms with van der Waals surface area (Å²) >= 11 is 1.57. The van der Waals surface area contributed by atoms with Crippen molar-refractivity contribution >= 4 is 32.9 Å². The Morgan fingerprint density at radius 2 is 2.10 bits per heavy atom. The summed E-state index contributed by atoms with van der Waals surface area (Å²) in [7, 11) is 0. The lowest BCUT2D eigenvalue weighted by molar-refractivity contribution is -0.383. The third kappa shape index (κ3) is 3.89. The topological polar surface area (TPSA) is 101 Å². The van der Waals surface area contributed by atoms with Crippen molar-refractivity contribution in [3.8, 4) is 11.4 Å². The highest BCUT2D eigenvalue weighted by Gasteiger charge is 2.21. The molecule has 0 saturated carbocycles. The Labute approximate surface area is 172 Å². The maximum Gasteiger partial charge on any atom is 0.293 e. The van der Waals surface area contributed by atoms with Gasteiger partial charge in [-0.3, -0.25) is 14.9 Å². The number of thiophene rings is 1. The quantitative estimate of drug-likeness (QED) is 0.443. The number of nitrogens with zero attached hydrogens (tertiary/aromatic N) is 2. The number of hydrogen-bond donors (Lipinski definition) is 2. The molecule has 1 aliphatic rings. The van der Waals surface area contributed by atoms with Crippen molar-refractivity contribution in [2.24, 2.45) is 5.92 Å². The second kappa shape index (κ2) is 7.94. The first-order valence-corrected chi connectivity index (χ1v) is 10.8. The van der Waals surface area contributed by atoms with Crippen LogP contribution < -0.4 is 10.9 Å². The van der Waals surface area contributed by atoms with E-state index in [4.69, 9.17) is 0 Å². The number of benzene rings is 1. The molecule has 8 heteroatoms. The van der Waals surface area contributed by atoms with Crippen LogP contribution in [0.5, 0.6) is 0 Å². The van der Waals surface area contributed by atoms with Crippen molar-refractivity contribution in [2.45, 2.75) is 46.0 Å². The Morgan fingerprint density at radius 3 is 2.86 bits per heavy atom. The van der Waals surface area contributed by atoms with Gasteiger partial charge in [-0.25, -0.2) is 4.98 Å². The van der Waals surface area contributed by atoms with Gasteiger partial charge in [0.1, 0.15) is 16.3 Å². The number of anilines is 1. The van der Waals surface area contributed by atoms with Gasteiger partial charge in [0, 0.05) is 23.1 Å². The van der Waals surface area contributed by atoms with Crippen LogP contribution in [0.1, 0.15) is 43.6 Å². The summed E-state index contributed by atoms with van der Waals surface area (Å²) in [4.78, 5) is 33.4. The van der Waals surface area contributed by atoms with Crippen molar-refractivity contribution in [3.63, 3.8) is 0 Å². The summed E-state index contributed by atoms with van der Waals surface area (Å²) in [5, 5.41) is 15.4. The van der Waals surface area contributed by atoms with Crippen molar-refractivity contribution < 1.29 is 4.92 Å². The predicted octanol–water partition coefficient (Wildman–Crippen LogP) is 4.90.